The first-order chi connectivity index (χ1) is 8.08. The van der Waals surface area contributed by atoms with Gasteiger partial charge in [-0.1, -0.05) is 34.6 Å². The first-order valence-electron chi connectivity index (χ1n) is 6.12. The van der Waals surface area contributed by atoms with Gasteiger partial charge in [0.15, 0.2) is 5.41 Å². The van der Waals surface area contributed by atoms with Gasteiger partial charge >= 0.3 is 11.9 Å². The first kappa shape index (κ1) is 17.3. The minimum absolute atomic E-state index is 0.0952. The van der Waals surface area contributed by atoms with E-state index in [-0.39, 0.29) is 23.0 Å². The Morgan fingerprint density at radius 1 is 1.28 bits per heavy atom. The highest BCUT2D eigenvalue weighted by Crippen LogP contribution is 2.38. The Kier molecular flexibility index (Phi) is 6.20. The first-order valence-corrected chi connectivity index (χ1v) is 7.11. The van der Waals surface area contributed by atoms with Crippen LogP contribution in [0.25, 0.3) is 0 Å². The standard InChI is InChI=1S/C13H24O4S/c1-7-17-11(16)13(9(2)3,10(14)15)8-18-12(4,5)6/h9H,7-8H2,1-6H3,(H,14,15). The minimum atomic E-state index is -1.46. The predicted molar refractivity (Wildman–Crippen MR) is 73.8 cm³/mol. The molecule has 1 N–H and O–H groups in total. The van der Waals surface area contributed by atoms with Crippen LogP contribution in [0.15, 0.2) is 0 Å². The number of carbonyl (C=O) groups excluding carboxylic acids is 1. The molecule has 4 nitrogen and oxygen atoms in total. The van der Waals surface area contributed by atoms with Crippen LogP contribution in [0.2, 0.25) is 0 Å². The fourth-order valence-electron chi connectivity index (χ4n) is 1.45. The number of ether oxygens (including phenoxy) is 1. The Bertz CT molecular complexity index is 307. The molecular weight excluding hydrogens is 252 g/mol. The molecule has 5 heteroatoms. The van der Waals surface area contributed by atoms with E-state index < -0.39 is 17.4 Å². The number of esters is 1. The SMILES string of the molecule is CCOC(=O)C(CSC(C)(C)C)(C(=O)O)C(C)C. The van der Waals surface area contributed by atoms with E-state index in [1.165, 1.54) is 11.8 Å². The number of carbonyl (C=O) groups is 2. The number of carboxylic acid groups (broad SMARTS) is 1. The van der Waals surface area contributed by atoms with Crippen molar-refractivity contribution in [3.05, 3.63) is 0 Å². The van der Waals surface area contributed by atoms with Crippen LogP contribution in [0.1, 0.15) is 41.5 Å². The monoisotopic (exact) mass is 276 g/mol. The van der Waals surface area contributed by atoms with E-state index in [1.54, 1.807) is 20.8 Å². The van der Waals surface area contributed by atoms with Crippen molar-refractivity contribution in [1.29, 1.82) is 0 Å². The van der Waals surface area contributed by atoms with Gasteiger partial charge in [-0.05, 0) is 12.8 Å². The second-order valence-electron chi connectivity index (χ2n) is 5.55. The van der Waals surface area contributed by atoms with E-state index in [4.69, 9.17) is 4.74 Å². The topological polar surface area (TPSA) is 63.6 Å². The van der Waals surface area contributed by atoms with Crippen molar-refractivity contribution in [3.8, 4) is 0 Å². The molecule has 0 radical (unpaired) electrons. The van der Waals surface area contributed by atoms with Gasteiger partial charge in [0, 0.05) is 10.5 Å². The molecule has 0 aromatic heterocycles. The molecule has 1 atom stereocenters. The van der Waals surface area contributed by atoms with Crippen molar-refractivity contribution >= 4 is 23.7 Å². The lowest BCUT2D eigenvalue weighted by atomic mass is 9.79. The van der Waals surface area contributed by atoms with Crippen molar-refractivity contribution < 1.29 is 19.4 Å². The molecule has 0 aliphatic rings. The predicted octanol–water partition coefficient (Wildman–Crippen LogP) is 2.81. The van der Waals surface area contributed by atoms with Crippen LogP contribution in [-0.4, -0.2) is 34.2 Å². The summed E-state index contributed by atoms with van der Waals surface area (Å²) >= 11 is 1.47. The number of aliphatic carboxylic acids is 1. The molecular formula is C13H24O4S. The number of thioether (sulfide) groups is 1. The zero-order chi connectivity index (χ0) is 14.6. The molecule has 0 aliphatic heterocycles. The highest BCUT2D eigenvalue weighted by Gasteiger charge is 2.51. The van der Waals surface area contributed by atoms with Crippen LogP contribution in [0, 0.1) is 11.3 Å². The lowest BCUT2D eigenvalue weighted by molar-refractivity contribution is -0.170. The molecule has 0 amide bonds. The molecule has 0 spiro atoms. The highest BCUT2D eigenvalue weighted by atomic mass is 32.2. The van der Waals surface area contributed by atoms with E-state index in [9.17, 15) is 14.7 Å². The lowest BCUT2D eigenvalue weighted by Gasteiger charge is -2.32. The Morgan fingerprint density at radius 2 is 1.78 bits per heavy atom. The maximum atomic E-state index is 12.0. The summed E-state index contributed by atoms with van der Waals surface area (Å²) in [6.07, 6.45) is 0. The fraction of sp³-hybridized carbons (Fsp3) is 0.846. The van der Waals surface area contributed by atoms with Crippen molar-refractivity contribution in [1.82, 2.24) is 0 Å². The normalized spacial score (nSPS) is 15.3. The van der Waals surface area contributed by atoms with Gasteiger partial charge < -0.3 is 9.84 Å². The van der Waals surface area contributed by atoms with Crippen molar-refractivity contribution in [2.45, 2.75) is 46.3 Å². The van der Waals surface area contributed by atoms with Crippen LogP contribution >= 0.6 is 11.8 Å². The Morgan fingerprint density at radius 3 is 2.06 bits per heavy atom. The molecule has 0 bridgehead atoms. The third kappa shape index (κ3) is 4.19. The molecule has 1 unspecified atom stereocenters. The number of carboxylic acids is 1. The van der Waals surface area contributed by atoms with E-state index in [2.05, 4.69) is 0 Å². The molecule has 0 aliphatic carbocycles. The Hall–Kier alpha value is -0.710. The molecule has 106 valence electrons. The van der Waals surface area contributed by atoms with Crippen LogP contribution in [0.3, 0.4) is 0 Å². The molecule has 18 heavy (non-hydrogen) atoms. The van der Waals surface area contributed by atoms with E-state index in [1.807, 2.05) is 20.8 Å². The lowest BCUT2D eigenvalue weighted by Crippen LogP contribution is -2.47. The highest BCUT2D eigenvalue weighted by molar-refractivity contribution is 8.00. The van der Waals surface area contributed by atoms with Gasteiger partial charge in [-0.15, -0.1) is 0 Å². The maximum absolute atomic E-state index is 12.0. The Labute approximate surface area is 113 Å². The smallest absolute Gasteiger partial charge is 0.324 e. The minimum Gasteiger partial charge on any atom is -0.480 e. The van der Waals surface area contributed by atoms with E-state index in [0.717, 1.165) is 0 Å². The summed E-state index contributed by atoms with van der Waals surface area (Å²) in [6, 6.07) is 0. The summed E-state index contributed by atoms with van der Waals surface area (Å²) in [6.45, 7) is 11.4. The summed E-state index contributed by atoms with van der Waals surface area (Å²) in [5.41, 5.74) is -1.46. The molecule has 0 saturated heterocycles. The quantitative estimate of drug-likeness (QED) is 0.597. The van der Waals surface area contributed by atoms with Crippen molar-refractivity contribution in [3.63, 3.8) is 0 Å². The van der Waals surface area contributed by atoms with Crippen molar-refractivity contribution in [2.24, 2.45) is 11.3 Å². The average molecular weight is 276 g/mol. The molecule has 0 saturated carbocycles. The van der Waals surface area contributed by atoms with Crippen LogP contribution in [0.4, 0.5) is 0 Å². The van der Waals surface area contributed by atoms with Gasteiger partial charge in [0.25, 0.3) is 0 Å². The number of hydrogen-bond donors (Lipinski definition) is 1. The number of rotatable bonds is 6. The van der Waals surface area contributed by atoms with E-state index in [0.29, 0.717) is 0 Å². The van der Waals surface area contributed by atoms with Gasteiger partial charge in [0.1, 0.15) is 0 Å². The second kappa shape index (κ2) is 6.45. The largest absolute Gasteiger partial charge is 0.480 e. The zero-order valence-corrected chi connectivity index (χ0v) is 12.9. The zero-order valence-electron chi connectivity index (χ0n) is 12.1. The van der Waals surface area contributed by atoms with Crippen LogP contribution in [-0.2, 0) is 14.3 Å². The van der Waals surface area contributed by atoms with Gasteiger partial charge in [0.05, 0.1) is 6.61 Å². The maximum Gasteiger partial charge on any atom is 0.324 e. The molecule has 0 rings (SSSR count). The summed E-state index contributed by atoms with van der Waals surface area (Å²) in [4.78, 5) is 23.6. The summed E-state index contributed by atoms with van der Waals surface area (Å²) in [5, 5.41) is 9.47. The van der Waals surface area contributed by atoms with Gasteiger partial charge in [0.2, 0.25) is 0 Å². The molecule has 0 aromatic carbocycles. The van der Waals surface area contributed by atoms with Crippen LogP contribution in [0.5, 0.6) is 0 Å². The molecule has 0 heterocycles. The molecule has 0 fully saturated rings. The second-order valence-corrected chi connectivity index (χ2v) is 7.35. The van der Waals surface area contributed by atoms with Gasteiger partial charge in [-0.25, -0.2) is 0 Å². The third-order valence-corrected chi connectivity index (χ3v) is 4.21. The fourth-order valence-corrected chi connectivity index (χ4v) is 2.68. The van der Waals surface area contributed by atoms with Crippen LogP contribution < -0.4 is 0 Å². The summed E-state index contributed by atoms with van der Waals surface area (Å²) in [7, 11) is 0. The summed E-state index contributed by atoms with van der Waals surface area (Å²) in [5.74, 6) is -1.83. The van der Waals surface area contributed by atoms with E-state index >= 15 is 0 Å². The average Bonchev–Trinajstić information content (AvgIpc) is 2.15. The van der Waals surface area contributed by atoms with Gasteiger partial charge in [-0.2, -0.15) is 11.8 Å². The van der Waals surface area contributed by atoms with Gasteiger partial charge in [-0.3, -0.25) is 9.59 Å². The summed E-state index contributed by atoms with van der Waals surface area (Å²) < 4.78 is 4.87. The van der Waals surface area contributed by atoms with Crippen molar-refractivity contribution in [2.75, 3.05) is 12.4 Å². The third-order valence-electron chi connectivity index (χ3n) is 2.74. The number of hydrogen-bond acceptors (Lipinski definition) is 4. The molecule has 0 aromatic rings. The Balaban J connectivity index is 5.24.